The number of halogens is 1. The Morgan fingerprint density at radius 1 is 1.24 bits per heavy atom. The molecule has 2 aliphatic rings. The number of hydrogen-bond donors (Lipinski definition) is 0. The van der Waals surface area contributed by atoms with Crippen molar-refractivity contribution in [3.05, 3.63) is 53.4 Å². The van der Waals surface area contributed by atoms with Gasteiger partial charge in [-0.2, -0.15) is 0 Å². The highest BCUT2D eigenvalue weighted by Gasteiger charge is 2.39. The van der Waals surface area contributed by atoms with Gasteiger partial charge in [0.25, 0.3) is 7.41 Å². The van der Waals surface area contributed by atoms with Crippen molar-refractivity contribution in [1.82, 2.24) is 34.6 Å². The number of benzene rings is 1. The Hall–Kier alpha value is -3.12. The maximum Gasteiger partial charge on any atom is 0.293 e. The molecule has 0 unspecified atom stereocenters. The molecule has 0 saturated carbocycles. The molecule has 38 heavy (non-hydrogen) atoms. The molecule has 2 atom stereocenters. The van der Waals surface area contributed by atoms with Gasteiger partial charge in [-0.25, -0.2) is 9.07 Å². The number of carbonyl (C=O) groups excluding carboxylic acids is 1. The monoisotopic (exact) mass is 522 g/mol. The number of rotatable bonds is 9. The summed E-state index contributed by atoms with van der Waals surface area (Å²) in [5.41, 5.74) is 0.0462. The lowest BCUT2D eigenvalue weighted by Crippen LogP contribution is -2.42. The van der Waals surface area contributed by atoms with E-state index in [0.29, 0.717) is 37.9 Å². The molecule has 201 valence electrons. The minimum absolute atomic E-state index is 0.0242. The highest BCUT2D eigenvalue weighted by Crippen LogP contribution is 2.37. The fourth-order valence-corrected chi connectivity index (χ4v) is 5.07. The number of alkyl halides is 1. The van der Waals surface area contributed by atoms with Gasteiger partial charge < -0.3 is 23.6 Å². The first-order chi connectivity index (χ1) is 18.4. The van der Waals surface area contributed by atoms with Crippen LogP contribution in [0.25, 0.3) is 0 Å². The molecule has 0 bridgehead atoms. The predicted molar refractivity (Wildman–Crippen MR) is 139 cm³/mol. The van der Waals surface area contributed by atoms with Crippen LogP contribution in [0.15, 0.2) is 30.5 Å². The quantitative estimate of drug-likeness (QED) is 0.312. The number of ether oxygens (including phenoxy) is 2. The Morgan fingerprint density at radius 2 is 2.05 bits per heavy atom. The first-order valence-electron chi connectivity index (χ1n) is 13.2. The lowest BCUT2D eigenvalue weighted by atomic mass is 9.84. The standard InChI is InChI=1S/C26H34BFN7O3/c1-18(2)19-5-4-6-21(13-19)37-16-24-30-31-25(33(24)3)22-8-7-20(15-38-22)35-14-23(29-32-35)26(28)9-11-34(12-10-26)27-17-36/h4-6,13-14,17-18,20,22H,7-12,15-16H2,1-3H3/t20-,22+/m1/s1. The van der Waals surface area contributed by atoms with E-state index in [1.54, 1.807) is 10.9 Å². The zero-order chi connectivity index (χ0) is 26.7. The summed E-state index contributed by atoms with van der Waals surface area (Å²) in [6, 6.07) is 8.08. The molecule has 0 amide bonds. The van der Waals surface area contributed by atoms with Crippen LogP contribution in [0.3, 0.4) is 0 Å². The molecule has 12 heteroatoms. The Labute approximate surface area is 222 Å². The third-order valence-electron chi connectivity index (χ3n) is 7.64. The minimum Gasteiger partial charge on any atom is -0.486 e. The van der Waals surface area contributed by atoms with Gasteiger partial charge in [0.15, 0.2) is 17.3 Å². The lowest BCUT2D eigenvalue weighted by molar-refractivity contribution is -0.0226. The molecule has 2 aromatic heterocycles. The summed E-state index contributed by atoms with van der Waals surface area (Å²) in [4.78, 5) is 12.5. The minimum atomic E-state index is -1.53. The molecular formula is C26H34BFN7O3. The van der Waals surface area contributed by atoms with Crippen molar-refractivity contribution in [3.8, 4) is 5.75 Å². The smallest absolute Gasteiger partial charge is 0.293 e. The van der Waals surface area contributed by atoms with E-state index in [1.807, 2.05) is 28.6 Å². The highest BCUT2D eigenvalue weighted by atomic mass is 19.1. The van der Waals surface area contributed by atoms with Gasteiger partial charge in [0.2, 0.25) is 0 Å². The molecule has 10 nitrogen and oxygen atoms in total. The second kappa shape index (κ2) is 11.3. The third-order valence-corrected chi connectivity index (χ3v) is 7.64. The van der Waals surface area contributed by atoms with E-state index < -0.39 is 5.67 Å². The topological polar surface area (TPSA) is 100 Å². The number of nitrogens with zero attached hydrogens (tertiary/aromatic N) is 7. The molecule has 1 radical (unpaired) electrons. The number of piperidine rings is 1. The van der Waals surface area contributed by atoms with Gasteiger partial charge in [0, 0.05) is 7.05 Å². The van der Waals surface area contributed by atoms with E-state index in [0.717, 1.165) is 36.4 Å². The van der Waals surface area contributed by atoms with Crippen LogP contribution in [0.2, 0.25) is 0 Å². The van der Waals surface area contributed by atoms with Gasteiger partial charge >= 0.3 is 0 Å². The summed E-state index contributed by atoms with van der Waals surface area (Å²) in [6.07, 6.45) is 4.35. The van der Waals surface area contributed by atoms with Gasteiger partial charge in [-0.15, -0.1) is 15.3 Å². The summed E-state index contributed by atoms with van der Waals surface area (Å²) >= 11 is 0. The Kier molecular flexibility index (Phi) is 7.89. The van der Waals surface area contributed by atoms with E-state index in [9.17, 15) is 4.79 Å². The zero-order valence-electron chi connectivity index (χ0n) is 22.2. The zero-order valence-corrected chi connectivity index (χ0v) is 22.2. The SMILES string of the molecule is CC(C)c1cccc(OCc2nnc([C@@H]3CC[C@@H](n4cc(C5(F)CCN([B]C=O)CC5)nn4)CO3)n2C)c1. The molecule has 0 aliphatic carbocycles. The van der Waals surface area contributed by atoms with Gasteiger partial charge in [0.05, 0.1) is 25.0 Å². The molecular weight excluding hydrogens is 488 g/mol. The van der Waals surface area contributed by atoms with Crippen molar-refractivity contribution < 1.29 is 18.7 Å². The Morgan fingerprint density at radius 3 is 2.76 bits per heavy atom. The molecule has 2 fully saturated rings. The van der Waals surface area contributed by atoms with E-state index in [4.69, 9.17) is 9.47 Å². The third kappa shape index (κ3) is 5.66. The molecule has 1 aromatic carbocycles. The first kappa shape index (κ1) is 26.5. The van der Waals surface area contributed by atoms with E-state index in [2.05, 4.69) is 46.5 Å². The summed E-state index contributed by atoms with van der Waals surface area (Å²) in [5.74, 6) is 2.73. The fourth-order valence-electron chi connectivity index (χ4n) is 5.07. The average Bonchev–Trinajstić information content (AvgIpc) is 3.57. The molecule has 5 rings (SSSR count). The summed E-state index contributed by atoms with van der Waals surface area (Å²) in [5, 5.41) is 17.1. The summed E-state index contributed by atoms with van der Waals surface area (Å²) < 4.78 is 31.4. The number of hydrogen-bond acceptors (Lipinski definition) is 8. The molecule has 0 spiro atoms. The van der Waals surface area contributed by atoms with Crippen molar-refractivity contribution in [2.24, 2.45) is 7.05 Å². The van der Waals surface area contributed by atoms with Gasteiger partial charge in [-0.05, 0) is 62.4 Å². The average molecular weight is 522 g/mol. The fraction of sp³-hybridized carbons (Fsp3) is 0.577. The van der Waals surface area contributed by atoms with Crippen LogP contribution in [-0.4, -0.2) is 67.9 Å². The van der Waals surface area contributed by atoms with Crippen molar-refractivity contribution in [3.63, 3.8) is 0 Å². The van der Waals surface area contributed by atoms with Crippen molar-refractivity contribution in [1.29, 1.82) is 0 Å². The first-order valence-corrected chi connectivity index (χ1v) is 13.2. The van der Waals surface area contributed by atoms with E-state index in [1.165, 1.54) is 13.0 Å². The van der Waals surface area contributed by atoms with E-state index >= 15 is 4.39 Å². The molecule has 0 N–H and O–H groups in total. The van der Waals surface area contributed by atoms with Crippen molar-refractivity contribution >= 4 is 13.6 Å². The van der Waals surface area contributed by atoms with Crippen LogP contribution in [-0.2, 0) is 28.9 Å². The molecule has 2 aliphatic heterocycles. The van der Waals surface area contributed by atoms with Crippen LogP contribution >= 0.6 is 0 Å². The maximum atomic E-state index is 15.6. The lowest BCUT2D eigenvalue weighted by Gasteiger charge is -2.34. The molecule has 4 heterocycles. The molecule has 2 saturated heterocycles. The van der Waals surface area contributed by atoms with Crippen LogP contribution in [0.5, 0.6) is 5.75 Å². The van der Waals surface area contributed by atoms with Crippen LogP contribution in [0.1, 0.15) is 80.5 Å². The summed E-state index contributed by atoms with van der Waals surface area (Å²) in [7, 11) is 3.39. The maximum absolute atomic E-state index is 15.6. The van der Waals surface area contributed by atoms with Crippen LogP contribution in [0, 0.1) is 0 Å². The second-order valence-electron chi connectivity index (χ2n) is 10.5. The Bertz CT molecular complexity index is 1230. The van der Waals surface area contributed by atoms with Gasteiger partial charge in [-0.3, -0.25) is 0 Å². The van der Waals surface area contributed by atoms with Crippen LogP contribution in [0.4, 0.5) is 4.39 Å². The van der Waals surface area contributed by atoms with Crippen LogP contribution < -0.4 is 4.74 Å². The highest BCUT2D eigenvalue weighted by molar-refractivity contribution is 6.64. The molecule has 3 aromatic rings. The Balaban J connectivity index is 1.15. The normalized spacial score (nSPS) is 21.9. The van der Waals surface area contributed by atoms with Crippen molar-refractivity contribution in [2.45, 2.75) is 69.9 Å². The van der Waals surface area contributed by atoms with E-state index in [-0.39, 0.29) is 25.0 Å². The van der Waals surface area contributed by atoms with Gasteiger partial charge in [-0.1, -0.05) is 31.2 Å². The largest absolute Gasteiger partial charge is 0.486 e. The van der Waals surface area contributed by atoms with Crippen molar-refractivity contribution in [2.75, 3.05) is 19.7 Å². The van der Waals surface area contributed by atoms with Gasteiger partial charge in [0.1, 0.15) is 24.2 Å². The number of carbonyl (C=O) groups is 1. The summed E-state index contributed by atoms with van der Waals surface area (Å²) in [6.45, 7) is 6.01. The second-order valence-corrected chi connectivity index (χ2v) is 10.5. The predicted octanol–water partition coefficient (Wildman–Crippen LogP) is 3.27. The number of aromatic nitrogens is 6.